The Morgan fingerprint density at radius 3 is 2.71 bits per heavy atom. The van der Waals surface area contributed by atoms with Gasteiger partial charge in [-0.05, 0) is 48.0 Å². The summed E-state index contributed by atoms with van der Waals surface area (Å²) in [5.41, 5.74) is 1.91. The lowest BCUT2D eigenvalue weighted by Gasteiger charge is -2.21. The number of hydrogen-bond donors (Lipinski definition) is 1. The van der Waals surface area contributed by atoms with Crippen LogP contribution in [0.15, 0.2) is 33.4 Å². The Kier molecular flexibility index (Phi) is 5.42. The number of halogens is 2. The van der Waals surface area contributed by atoms with E-state index in [1.54, 1.807) is 19.4 Å². The molecule has 0 aliphatic heterocycles. The van der Waals surface area contributed by atoms with Crippen LogP contribution in [0.1, 0.15) is 36.3 Å². The molecule has 1 N–H and O–H groups in total. The minimum atomic E-state index is -0.339. The van der Waals surface area contributed by atoms with E-state index in [1.807, 2.05) is 13.0 Å². The van der Waals surface area contributed by atoms with Gasteiger partial charge in [0.25, 0.3) is 0 Å². The molecule has 1 heterocycles. The number of furan rings is 1. The van der Waals surface area contributed by atoms with E-state index >= 15 is 0 Å². The molecule has 1 atom stereocenters. The number of hydrogen-bond acceptors (Lipinski definition) is 3. The van der Waals surface area contributed by atoms with Crippen molar-refractivity contribution < 1.29 is 13.5 Å². The van der Waals surface area contributed by atoms with Crippen molar-refractivity contribution in [2.75, 3.05) is 13.7 Å². The Hall–Kier alpha value is -1.33. The molecular formula is C16H19BrFNO2. The molecule has 2 rings (SSSR count). The fraction of sp³-hybridized carbons (Fsp3) is 0.375. The summed E-state index contributed by atoms with van der Waals surface area (Å²) in [6.07, 6.45) is 2.66. The molecule has 1 aromatic carbocycles. The van der Waals surface area contributed by atoms with Crippen LogP contribution in [0.2, 0.25) is 0 Å². The molecule has 114 valence electrons. The molecule has 1 aromatic heterocycles. The van der Waals surface area contributed by atoms with Gasteiger partial charge in [0.05, 0.1) is 23.9 Å². The van der Waals surface area contributed by atoms with E-state index in [-0.39, 0.29) is 11.9 Å². The van der Waals surface area contributed by atoms with Crippen LogP contribution >= 0.6 is 15.9 Å². The van der Waals surface area contributed by atoms with E-state index < -0.39 is 0 Å². The van der Waals surface area contributed by atoms with Gasteiger partial charge in [0.15, 0.2) is 0 Å². The maximum absolute atomic E-state index is 13.7. The average molecular weight is 356 g/mol. The van der Waals surface area contributed by atoms with Gasteiger partial charge in [0.2, 0.25) is 0 Å². The number of nitrogens with one attached hydrogen (secondary N) is 1. The van der Waals surface area contributed by atoms with E-state index in [1.165, 1.54) is 6.07 Å². The first-order valence-electron chi connectivity index (χ1n) is 6.88. The van der Waals surface area contributed by atoms with Crippen molar-refractivity contribution in [2.45, 2.75) is 26.3 Å². The maximum Gasteiger partial charge on any atom is 0.141 e. The van der Waals surface area contributed by atoms with Gasteiger partial charge >= 0.3 is 0 Å². The van der Waals surface area contributed by atoms with Gasteiger partial charge in [-0.1, -0.05) is 6.92 Å². The summed E-state index contributed by atoms with van der Waals surface area (Å²) >= 11 is 3.25. The second kappa shape index (κ2) is 7.09. The van der Waals surface area contributed by atoms with Crippen LogP contribution in [0.3, 0.4) is 0 Å². The lowest BCUT2D eigenvalue weighted by atomic mass is 9.98. The highest BCUT2D eigenvalue weighted by Crippen LogP contribution is 2.35. The molecule has 21 heavy (non-hydrogen) atoms. The Balaban J connectivity index is 2.51. The molecule has 0 amide bonds. The summed E-state index contributed by atoms with van der Waals surface area (Å²) in [6, 6.07) is 4.98. The van der Waals surface area contributed by atoms with Crippen LogP contribution < -0.4 is 10.1 Å². The molecule has 0 radical (unpaired) electrons. The van der Waals surface area contributed by atoms with Crippen molar-refractivity contribution >= 4 is 15.9 Å². The number of benzene rings is 1. The van der Waals surface area contributed by atoms with Crippen molar-refractivity contribution in [2.24, 2.45) is 0 Å². The van der Waals surface area contributed by atoms with E-state index in [9.17, 15) is 4.39 Å². The van der Waals surface area contributed by atoms with E-state index in [0.717, 1.165) is 29.9 Å². The number of rotatable bonds is 6. The Morgan fingerprint density at radius 2 is 2.14 bits per heavy atom. The zero-order valence-corrected chi connectivity index (χ0v) is 14.0. The summed E-state index contributed by atoms with van der Waals surface area (Å²) in [5.74, 6) is 1.02. The normalized spacial score (nSPS) is 12.4. The Morgan fingerprint density at radius 1 is 1.38 bits per heavy atom. The SMILES string of the molecule is CCCNC(c1cc(Br)c(F)cc1OC)c1ccoc1C. The fourth-order valence-corrected chi connectivity index (χ4v) is 2.68. The molecule has 5 heteroatoms. The molecule has 0 fully saturated rings. The molecule has 0 aliphatic carbocycles. The third kappa shape index (κ3) is 3.47. The predicted molar refractivity (Wildman–Crippen MR) is 84.2 cm³/mol. The second-order valence-corrected chi connectivity index (χ2v) is 5.68. The molecule has 1 unspecified atom stereocenters. The number of aryl methyl sites for hydroxylation is 1. The maximum atomic E-state index is 13.7. The summed E-state index contributed by atoms with van der Waals surface area (Å²) in [4.78, 5) is 0. The highest BCUT2D eigenvalue weighted by Gasteiger charge is 2.22. The molecule has 0 spiro atoms. The summed E-state index contributed by atoms with van der Waals surface area (Å²) in [7, 11) is 1.55. The third-order valence-corrected chi connectivity index (χ3v) is 4.00. The van der Waals surface area contributed by atoms with E-state index in [2.05, 4.69) is 28.2 Å². The summed E-state index contributed by atoms with van der Waals surface area (Å²) in [5, 5.41) is 3.47. The van der Waals surface area contributed by atoms with Crippen LogP contribution in [0.4, 0.5) is 4.39 Å². The largest absolute Gasteiger partial charge is 0.496 e. The van der Waals surface area contributed by atoms with Crippen LogP contribution in [-0.2, 0) is 0 Å². The third-order valence-electron chi connectivity index (χ3n) is 3.39. The number of ether oxygens (including phenoxy) is 1. The summed E-state index contributed by atoms with van der Waals surface area (Å²) < 4.78 is 24.9. The zero-order chi connectivity index (χ0) is 15.4. The molecule has 0 bridgehead atoms. The summed E-state index contributed by atoms with van der Waals surface area (Å²) in [6.45, 7) is 4.86. The van der Waals surface area contributed by atoms with Crippen molar-refractivity contribution in [1.29, 1.82) is 0 Å². The van der Waals surface area contributed by atoms with Crippen LogP contribution in [0, 0.1) is 12.7 Å². The highest BCUT2D eigenvalue weighted by atomic mass is 79.9. The van der Waals surface area contributed by atoms with Crippen molar-refractivity contribution in [3.63, 3.8) is 0 Å². The van der Waals surface area contributed by atoms with Crippen LogP contribution in [0.25, 0.3) is 0 Å². The lowest BCUT2D eigenvalue weighted by molar-refractivity contribution is 0.399. The van der Waals surface area contributed by atoms with Gasteiger partial charge in [0, 0.05) is 17.2 Å². The van der Waals surface area contributed by atoms with Gasteiger partial charge in [0.1, 0.15) is 17.3 Å². The van der Waals surface area contributed by atoms with Crippen molar-refractivity contribution in [3.05, 3.63) is 51.6 Å². The molecule has 3 nitrogen and oxygen atoms in total. The first-order valence-corrected chi connectivity index (χ1v) is 7.68. The molecule has 0 aliphatic rings. The molecular weight excluding hydrogens is 337 g/mol. The quantitative estimate of drug-likeness (QED) is 0.822. The first-order chi connectivity index (χ1) is 10.1. The topological polar surface area (TPSA) is 34.4 Å². The van der Waals surface area contributed by atoms with Crippen LogP contribution in [0.5, 0.6) is 5.75 Å². The van der Waals surface area contributed by atoms with E-state index in [0.29, 0.717) is 10.2 Å². The molecule has 0 saturated heterocycles. The van der Waals surface area contributed by atoms with Gasteiger partial charge in [-0.2, -0.15) is 0 Å². The van der Waals surface area contributed by atoms with Gasteiger partial charge in [-0.25, -0.2) is 4.39 Å². The van der Waals surface area contributed by atoms with Crippen LogP contribution in [-0.4, -0.2) is 13.7 Å². The zero-order valence-electron chi connectivity index (χ0n) is 12.4. The predicted octanol–water partition coefficient (Wildman–Crippen LogP) is 4.59. The average Bonchev–Trinajstić information content (AvgIpc) is 2.89. The second-order valence-electron chi connectivity index (χ2n) is 4.83. The molecule has 0 saturated carbocycles. The minimum Gasteiger partial charge on any atom is -0.496 e. The van der Waals surface area contributed by atoms with E-state index in [4.69, 9.17) is 9.15 Å². The number of methoxy groups -OCH3 is 1. The monoisotopic (exact) mass is 355 g/mol. The smallest absolute Gasteiger partial charge is 0.141 e. The van der Waals surface area contributed by atoms with Gasteiger partial charge < -0.3 is 14.5 Å². The van der Waals surface area contributed by atoms with Crippen molar-refractivity contribution in [3.8, 4) is 5.75 Å². The van der Waals surface area contributed by atoms with Gasteiger partial charge in [-0.3, -0.25) is 0 Å². The van der Waals surface area contributed by atoms with Gasteiger partial charge in [-0.15, -0.1) is 0 Å². The Bertz CT molecular complexity index is 612. The highest BCUT2D eigenvalue weighted by molar-refractivity contribution is 9.10. The lowest BCUT2D eigenvalue weighted by Crippen LogP contribution is -2.24. The van der Waals surface area contributed by atoms with Crippen molar-refractivity contribution in [1.82, 2.24) is 5.32 Å². The first kappa shape index (κ1) is 16.0. The Labute approximate surface area is 132 Å². The molecule has 2 aromatic rings. The fourth-order valence-electron chi connectivity index (χ4n) is 2.32. The minimum absolute atomic E-state index is 0.101. The standard InChI is InChI=1S/C16H19BrFNO2/c1-4-6-19-16(11-5-7-21-10(11)2)12-8-13(17)14(18)9-15(12)20-3/h5,7-9,16,19H,4,6H2,1-3H3.